The van der Waals surface area contributed by atoms with Gasteiger partial charge in [0.2, 0.25) is 5.95 Å². The Labute approximate surface area is 199 Å². The van der Waals surface area contributed by atoms with Crippen molar-refractivity contribution in [3.05, 3.63) is 66.5 Å². The SMILES string of the molecule is C.C.COc1ccc(-c2cc3nccn3c(Nc3ccc(CC(N)C(=O)O)cc3)n2)cc1OC. The van der Waals surface area contributed by atoms with E-state index in [1.165, 1.54) is 0 Å². The number of nitrogens with two attached hydrogens (primary N) is 1. The van der Waals surface area contributed by atoms with Crippen LogP contribution in [0.15, 0.2) is 60.9 Å². The van der Waals surface area contributed by atoms with Crippen molar-refractivity contribution >= 4 is 23.3 Å². The molecule has 0 bridgehead atoms. The number of nitrogens with zero attached hydrogens (tertiary/aromatic N) is 3. The lowest BCUT2D eigenvalue weighted by Crippen LogP contribution is -2.32. The number of imidazole rings is 1. The summed E-state index contributed by atoms with van der Waals surface area (Å²) in [6.07, 6.45) is 3.79. The molecule has 1 unspecified atom stereocenters. The summed E-state index contributed by atoms with van der Waals surface area (Å²) in [5.74, 6) is 0.810. The van der Waals surface area contributed by atoms with Crippen molar-refractivity contribution in [2.75, 3.05) is 19.5 Å². The molecule has 0 amide bonds. The third kappa shape index (κ3) is 5.44. The summed E-state index contributed by atoms with van der Waals surface area (Å²) in [6, 6.07) is 14.0. The van der Waals surface area contributed by atoms with Crippen LogP contribution in [0.5, 0.6) is 11.5 Å². The third-order valence-corrected chi connectivity index (χ3v) is 5.05. The van der Waals surface area contributed by atoms with Crippen LogP contribution in [0.3, 0.4) is 0 Å². The molecular formula is C25H31N5O4. The Bertz CT molecular complexity index is 1250. The van der Waals surface area contributed by atoms with Gasteiger partial charge in [0.15, 0.2) is 11.5 Å². The number of ether oxygens (including phenoxy) is 2. The van der Waals surface area contributed by atoms with Crippen LogP contribution in [-0.2, 0) is 11.2 Å². The molecule has 4 aromatic rings. The number of fused-ring (bicyclic) bond motifs is 1. The number of anilines is 2. The molecule has 0 radical (unpaired) electrons. The molecule has 0 fully saturated rings. The van der Waals surface area contributed by atoms with Crippen molar-refractivity contribution in [1.82, 2.24) is 14.4 Å². The summed E-state index contributed by atoms with van der Waals surface area (Å²) in [4.78, 5) is 20.2. The summed E-state index contributed by atoms with van der Waals surface area (Å²) >= 11 is 0. The highest BCUT2D eigenvalue weighted by molar-refractivity contribution is 5.73. The smallest absolute Gasteiger partial charge is 0.320 e. The van der Waals surface area contributed by atoms with Gasteiger partial charge in [0.1, 0.15) is 11.7 Å². The average molecular weight is 466 g/mol. The Hall–Kier alpha value is -4.11. The number of methoxy groups -OCH3 is 2. The van der Waals surface area contributed by atoms with Gasteiger partial charge in [0.05, 0.1) is 19.9 Å². The van der Waals surface area contributed by atoms with Gasteiger partial charge in [-0.05, 0) is 42.3 Å². The average Bonchev–Trinajstić information content (AvgIpc) is 3.29. The number of benzene rings is 2. The first-order valence-electron chi connectivity index (χ1n) is 9.89. The minimum atomic E-state index is -1.02. The summed E-state index contributed by atoms with van der Waals surface area (Å²) < 4.78 is 12.6. The zero-order chi connectivity index (χ0) is 22.7. The highest BCUT2D eigenvalue weighted by Gasteiger charge is 2.13. The second-order valence-corrected chi connectivity index (χ2v) is 7.16. The normalized spacial score (nSPS) is 11.1. The minimum absolute atomic E-state index is 0. The predicted octanol–water partition coefficient (Wildman–Crippen LogP) is 4.38. The monoisotopic (exact) mass is 465 g/mol. The Morgan fingerprint density at radius 2 is 1.79 bits per heavy atom. The second-order valence-electron chi connectivity index (χ2n) is 7.16. The van der Waals surface area contributed by atoms with Crippen LogP contribution in [0, 0.1) is 0 Å². The maximum atomic E-state index is 11.0. The molecule has 9 heteroatoms. The first-order valence-corrected chi connectivity index (χ1v) is 9.89. The molecule has 0 saturated heterocycles. The molecule has 2 aromatic heterocycles. The zero-order valence-electron chi connectivity index (χ0n) is 17.6. The molecule has 34 heavy (non-hydrogen) atoms. The number of hydrogen-bond donors (Lipinski definition) is 3. The molecule has 0 saturated carbocycles. The molecular weight excluding hydrogens is 434 g/mol. The topological polar surface area (TPSA) is 124 Å². The first kappa shape index (κ1) is 26.1. The number of aliphatic carboxylic acids is 1. The standard InChI is InChI=1S/C23H23N5O4.2CH4/c1-31-19-8-5-15(12-20(19)32-2)18-13-21-25-9-10-28(21)23(27-18)26-16-6-3-14(4-7-16)11-17(24)22(29)30;;/h3-10,12-13,17H,11,24H2,1-2H3,(H,26,27)(H,29,30);2*1H4. The van der Waals surface area contributed by atoms with Crippen molar-refractivity contribution in [3.8, 4) is 22.8 Å². The minimum Gasteiger partial charge on any atom is -0.493 e. The van der Waals surface area contributed by atoms with E-state index < -0.39 is 12.0 Å². The molecule has 4 N–H and O–H groups in total. The maximum absolute atomic E-state index is 11.0. The first-order chi connectivity index (χ1) is 15.5. The summed E-state index contributed by atoms with van der Waals surface area (Å²) in [7, 11) is 3.18. The van der Waals surface area contributed by atoms with E-state index in [9.17, 15) is 4.79 Å². The van der Waals surface area contributed by atoms with E-state index in [-0.39, 0.29) is 21.3 Å². The molecule has 0 spiro atoms. The van der Waals surface area contributed by atoms with Crippen molar-refractivity contribution in [2.24, 2.45) is 5.73 Å². The van der Waals surface area contributed by atoms with Gasteiger partial charge >= 0.3 is 5.97 Å². The van der Waals surface area contributed by atoms with E-state index >= 15 is 0 Å². The lowest BCUT2D eigenvalue weighted by atomic mass is 10.1. The number of carboxylic acids is 1. The van der Waals surface area contributed by atoms with Gasteiger partial charge < -0.3 is 25.6 Å². The van der Waals surface area contributed by atoms with Gasteiger partial charge in [-0.2, -0.15) is 0 Å². The van der Waals surface area contributed by atoms with Gasteiger partial charge in [0, 0.05) is 29.7 Å². The lowest BCUT2D eigenvalue weighted by Gasteiger charge is -2.13. The van der Waals surface area contributed by atoms with Crippen molar-refractivity contribution in [3.63, 3.8) is 0 Å². The molecule has 9 nitrogen and oxygen atoms in total. The van der Waals surface area contributed by atoms with Crippen molar-refractivity contribution in [2.45, 2.75) is 27.3 Å². The fraction of sp³-hybridized carbons (Fsp3) is 0.240. The van der Waals surface area contributed by atoms with E-state index in [1.54, 1.807) is 20.4 Å². The number of rotatable bonds is 8. The van der Waals surface area contributed by atoms with Gasteiger partial charge in [-0.25, -0.2) is 9.97 Å². The van der Waals surface area contributed by atoms with Crippen molar-refractivity contribution < 1.29 is 19.4 Å². The number of hydrogen-bond acceptors (Lipinski definition) is 7. The molecule has 1 atom stereocenters. The van der Waals surface area contributed by atoms with E-state index in [2.05, 4.69) is 10.3 Å². The maximum Gasteiger partial charge on any atom is 0.320 e. The van der Waals surface area contributed by atoms with Gasteiger partial charge in [-0.3, -0.25) is 9.20 Å². The predicted molar refractivity (Wildman–Crippen MR) is 134 cm³/mol. The molecule has 2 heterocycles. The number of carbonyl (C=O) groups is 1. The zero-order valence-corrected chi connectivity index (χ0v) is 17.6. The molecule has 0 aliphatic rings. The van der Waals surface area contributed by atoms with Crippen molar-refractivity contribution in [1.29, 1.82) is 0 Å². The van der Waals surface area contributed by atoms with E-state index in [4.69, 9.17) is 25.3 Å². The number of aromatic nitrogens is 3. The van der Waals surface area contributed by atoms with E-state index in [0.717, 1.165) is 28.2 Å². The van der Waals surface area contributed by atoms with Crippen LogP contribution < -0.4 is 20.5 Å². The highest BCUT2D eigenvalue weighted by atomic mass is 16.5. The van der Waals surface area contributed by atoms with Gasteiger partial charge in [-0.15, -0.1) is 0 Å². The van der Waals surface area contributed by atoms with Crippen LogP contribution in [0.2, 0.25) is 0 Å². The van der Waals surface area contributed by atoms with Crippen LogP contribution in [0.25, 0.3) is 16.9 Å². The molecule has 2 aromatic carbocycles. The van der Waals surface area contributed by atoms with E-state index in [1.807, 2.05) is 59.1 Å². The van der Waals surface area contributed by atoms with Gasteiger partial charge in [-0.1, -0.05) is 27.0 Å². The van der Waals surface area contributed by atoms with Crippen LogP contribution >= 0.6 is 0 Å². The molecule has 0 aliphatic carbocycles. The Morgan fingerprint density at radius 1 is 1.09 bits per heavy atom. The molecule has 180 valence electrons. The third-order valence-electron chi connectivity index (χ3n) is 5.05. The largest absolute Gasteiger partial charge is 0.493 e. The van der Waals surface area contributed by atoms with E-state index in [0.29, 0.717) is 17.4 Å². The number of carboxylic acid groups (broad SMARTS) is 1. The molecule has 0 aliphatic heterocycles. The Morgan fingerprint density at radius 3 is 2.44 bits per heavy atom. The fourth-order valence-corrected chi connectivity index (χ4v) is 3.35. The molecule has 4 rings (SSSR count). The van der Waals surface area contributed by atoms with Crippen LogP contribution in [0.1, 0.15) is 20.4 Å². The summed E-state index contributed by atoms with van der Waals surface area (Å²) in [5.41, 5.74) is 9.56. The number of nitrogens with one attached hydrogen (secondary N) is 1. The second kappa shape index (κ2) is 11.2. The highest BCUT2D eigenvalue weighted by Crippen LogP contribution is 2.32. The van der Waals surface area contributed by atoms with Crippen LogP contribution in [-0.4, -0.2) is 45.7 Å². The van der Waals surface area contributed by atoms with Gasteiger partial charge in [0.25, 0.3) is 0 Å². The lowest BCUT2D eigenvalue weighted by molar-refractivity contribution is -0.138. The van der Waals surface area contributed by atoms with Crippen LogP contribution in [0.4, 0.5) is 11.6 Å². The summed E-state index contributed by atoms with van der Waals surface area (Å²) in [5, 5.41) is 12.3. The summed E-state index contributed by atoms with van der Waals surface area (Å²) in [6.45, 7) is 0. The quantitative estimate of drug-likeness (QED) is 0.350. The Kier molecular flexibility index (Phi) is 8.58. The Balaban J connectivity index is 0.00000204. The fourth-order valence-electron chi connectivity index (χ4n) is 3.35.